The van der Waals surface area contributed by atoms with E-state index >= 15 is 0 Å². The maximum Gasteiger partial charge on any atom is 0.310 e. The van der Waals surface area contributed by atoms with Crippen molar-refractivity contribution in [1.29, 1.82) is 0 Å². The minimum Gasteiger partial charge on any atom is -0.481 e. The van der Waals surface area contributed by atoms with E-state index in [0.717, 1.165) is 38.0 Å². The van der Waals surface area contributed by atoms with Crippen LogP contribution in [-0.4, -0.2) is 23.1 Å². The molecular formula is C26H48O4. The fourth-order valence-electron chi connectivity index (χ4n) is 4.70. The van der Waals surface area contributed by atoms with Gasteiger partial charge in [-0.1, -0.05) is 91.9 Å². The van der Waals surface area contributed by atoms with E-state index in [2.05, 4.69) is 27.7 Å². The zero-order chi connectivity index (χ0) is 22.4. The van der Waals surface area contributed by atoms with Crippen molar-refractivity contribution in [2.45, 2.75) is 130 Å². The molecule has 1 saturated carbocycles. The van der Waals surface area contributed by atoms with E-state index in [1.165, 1.54) is 51.4 Å². The molecule has 1 fully saturated rings. The Bertz CT molecular complexity index is 472. The average molecular weight is 425 g/mol. The van der Waals surface area contributed by atoms with Crippen LogP contribution in [0, 0.1) is 23.7 Å². The molecule has 0 aromatic rings. The molecule has 1 aliphatic rings. The van der Waals surface area contributed by atoms with Gasteiger partial charge in [0, 0.05) is 0 Å². The minimum atomic E-state index is -0.846. The summed E-state index contributed by atoms with van der Waals surface area (Å²) >= 11 is 0. The molecule has 1 N–H and O–H groups in total. The third kappa shape index (κ3) is 12.0. The van der Waals surface area contributed by atoms with Gasteiger partial charge in [-0.2, -0.15) is 0 Å². The number of hydrogen-bond donors (Lipinski definition) is 1. The van der Waals surface area contributed by atoms with Gasteiger partial charge in [-0.15, -0.1) is 0 Å². The molecule has 0 spiro atoms. The van der Waals surface area contributed by atoms with Crippen molar-refractivity contribution in [1.82, 2.24) is 0 Å². The second-order valence-corrected chi connectivity index (χ2v) is 10.3. The number of unbranched alkanes of at least 4 members (excludes halogenated alkanes) is 7. The maximum absolute atomic E-state index is 12.7. The van der Waals surface area contributed by atoms with Crippen LogP contribution < -0.4 is 0 Å². The molecule has 0 saturated heterocycles. The Balaban J connectivity index is 2.28. The number of carboxylic acids is 1. The summed E-state index contributed by atoms with van der Waals surface area (Å²) in [6, 6.07) is 0. The second kappa shape index (κ2) is 15.7. The Labute approximate surface area is 185 Å². The van der Waals surface area contributed by atoms with E-state index in [4.69, 9.17) is 4.74 Å². The Morgan fingerprint density at radius 2 is 1.27 bits per heavy atom. The number of rotatable bonds is 16. The molecule has 4 heteroatoms. The molecule has 0 aromatic carbocycles. The predicted octanol–water partition coefficient (Wildman–Crippen LogP) is 7.39. The van der Waals surface area contributed by atoms with Gasteiger partial charge in [0.2, 0.25) is 0 Å². The molecule has 3 unspecified atom stereocenters. The lowest BCUT2D eigenvalue weighted by molar-refractivity contribution is -0.164. The molecule has 1 rings (SSSR count). The molecule has 1 aliphatic carbocycles. The van der Waals surface area contributed by atoms with E-state index < -0.39 is 17.8 Å². The highest BCUT2D eigenvalue weighted by Gasteiger charge is 2.37. The van der Waals surface area contributed by atoms with Gasteiger partial charge < -0.3 is 9.84 Å². The monoisotopic (exact) mass is 424 g/mol. The zero-order valence-corrected chi connectivity index (χ0v) is 20.2. The summed E-state index contributed by atoms with van der Waals surface area (Å²) in [7, 11) is 0. The standard InChI is InChI=1S/C26H48O4/c1-20(2)15-11-9-7-5-6-8-10-12-16-22(19-21(3)4)30-26(29)24-18-14-13-17-23(24)25(27)28/h20-24H,5-19H2,1-4H3,(H,27,28). The van der Waals surface area contributed by atoms with E-state index in [9.17, 15) is 14.7 Å². The number of carboxylic acid groups (broad SMARTS) is 1. The lowest BCUT2D eigenvalue weighted by Crippen LogP contribution is -2.35. The number of ether oxygens (including phenoxy) is 1. The van der Waals surface area contributed by atoms with Crippen LogP contribution in [0.4, 0.5) is 0 Å². The first-order valence-electron chi connectivity index (χ1n) is 12.7. The van der Waals surface area contributed by atoms with Crippen LogP contribution in [0.1, 0.15) is 124 Å². The molecule has 0 heterocycles. The van der Waals surface area contributed by atoms with Crippen LogP contribution in [0.2, 0.25) is 0 Å². The van der Waals surface area contributed by atoms with Crippen molar-refractivity contribution in [3.63, 3.8) is 0 Å². The van der Waals surface area contributed by atoms with E-state index in [1.807, 2.05) is 0 Å². The summed E-state index contributed by atoms with van der Waals surface area (Å²) in [5.74, 6) is -0.843. The van der Waals surface area contributed by atoms with Gasteiger partial charge in [0.05, 0.1) is 11.8 Å². The van der Waals surface area contributed by atoms with Gasteiger partial charge >= 0.3 is 11.9 Å². The number of esters is 1. The summed E-state index contributed by atoms with van der Waals surface area (Å²) in [5, 5.41) is 9.45. The summed E-state index contributed by atoms with van der Waals surface area (Å²) < 4.78 is 5.87. The molecule has 0 aromatic heterocycles. The van der Waals surface area contributed by atoms with Crippen molar-refractivity contribution in [2.75, 3.05) is 0 Å². The van der Waals surface area contributed by atoms with Gasteiger partial charge in [0.15, 0.2) is 0 Å². The van der Waals surface area contributed by atoms with Gasteiger partial charge in [-0.25, -0.2) is 0 Å². The fraction of sp³-hybridized carbons (Fsp3) is 0.923. The van der Waals surface area contributed by atoms with Crippen LogP contribution in [0.5, 0.6) is 0 Å². The Kier molecular flexibility index (Phi) is 14.1. The summed E-state index contributed by atoms with van der Waals surface area (Å²) in [6.07, 6.45) is 16.4. The first kappa shape index (κ1) is 27.0. The lowest BCUT2D eigenvalue weighted by atomic mass is 9.79. The van der Waals surface area contributed by atoms with Crippen molar-refractivity contribution in [2.24, 2.45) is 23.7 Å². The average Bonchev–Trinajstić information content (AvgIpc) is 2.68. The molecule has 0 aliphatic heterocycles. The van der Waals surface area contributed by atoms with Crippen LogP contribution in [0.3, 0.4) is 0 Å². The summed E-state index contributed by atoms with van der Waals surface area (Å²) in [4.78, 5) is 24.2. The third-order valence-corrected chi connectivity index (χ3v) is 6.46. The normalized spacial score (nSPS) is 20.5. The molecule has 176 valence electrons. The minimum absolute atomic E-state index is 0.0649. The topological polar surface area (TPSA) is 63.6 Å². The second-order valence-electron chi connectivity index (χ2n) is 10.3. The fourth-order valence-corrected chi connectivity index (χ4v) is 4.70. The quantitative estimate of drug-likeness (QED) is 0.207. The number of carbonyl (C=O) groups is 2. The van der Waals surface area contributed by atoms with E-state index in [-0.39, 0.29) is 12.1 Å². The number of hydrogen-bond acceptors (Lipinski definition) is 3. The molecule has 4 nitrogen and oxygen atoms in total. The first-order valence-corrected chi connectivity index (χ1v) is 12.7. The van der Waals surface area contributed by atoms with E-state index in [1.54, 1.807) is 0 Å². The Morgan fingerprint density at radius 3 is 1.77 bits per heavy atom. The van der Waals surface area contributed by atoms with Crippen molar-refractivity contribution in [3.05, 3.63) is 0 Å². The van der Waals surface area contributed by atoms with Gasteiger partial charge in [0.25, 0.3) is 0 Å². The molecule has 3 atom stereocenters. The van der Waals surface area contributed by atoms with Gasteiger partial charge in [-0.05, 0) is 43.9 Å². The SMILES string of the molecule is CC(C)CCCCCCCCCCC(CC(C)C)OC(=O)C1CCCCC1C(=O)O. The molecule has 0 bridgehead atoms. The highest BCUT2D eigenvalue weighted by molar-refractivity contribution is 5.81. The highest BCUT2D eigenvalue weighted by Crippen LogP contribution is 2.32. The van der Waals surface area contributed by atoms with E-state index in [0.29, 0.717) is 18.8 Å². The third-order valence-electron chi connectivity index (χ3n) is 6.46. The highest BCUT2D eigenvalue weighted by atomic mass is 16.5. The smallest absolute Gasteiger partial charge is 0.310 e. The first-order chi connectivity index (χ1) is 14.3. The number of carbonyl (C=O) groups excluding carboxylic acids is 1. The largest absolute Gasteiger partial charge is 0.481 e. The Hall–Kier alpha value is -1.06. The molecular weight excluding hydrogens is 376 g/mol. The van der Waals surface area contributed by atoms with Gasteiger partial charge in [-0.3, -0.25) is 9.59 Å². The maximum atomic E-state index is 12.7. The zero-order valence-electron chi connectivity index (χ0n) is 20.2. The molecule has 0 amide bonds. The lowest BCUT2D eigenvalue weighted by Gasteiger charge is -2.29. The van der Waals surface area contributed by atoms with Crippen LogP contribution in [-0.2, 0) is 14.3 Å². The summed E-state index contributed by atoms with van der Waals surface area (Å²) in [6.45, 7) is 8.90. The number of aliphatic carboxylic acids is 1. The van der Waals surface area contributed by atoms with Crippen molar-refractivity contribution in [3.8, 4) is 0 Å². The predicted molar refractivity (Wildman–Crippen MR) is 123 cm³/mol. The van der Waals surface area contributed by atoms with Crippen LogP contribution >= 0.6 is 0 Å². The van der Waals surface area contributed by atoms with Crippen LogP contribution in [0.15, 0.2) is 0 Å². The van der Waals surface area contributed by atoms with Gasteiger partial charge in [0.1, 0.15) is 6.10 Å². The molecule has 30 heavy (non-hydrogen) atoms. The molecule has 0 radical (unpaired) electrons. The summed E-state index contributed by atoms with van der Waals surface area (Å²) in [5.41, 5.74) is 0. The van der Waals surface area contributed by atoms with Crippen molar-refractivity contribution < 1.29 is 19.4 Å². The van der Waals surface area contributed by atoms with Crippen molar-refractivity contribution >= 4 is 11.9 Å². The van der Waals surface area contributed by atoms with Crippen LogP contribution in [0.25, 0.3) is 0 Å². The Morgan fingerprint density at radius 1 is 0.767 bits per heavy atom.